The highest BCUT2D eigenvalue weighted by Gasteiger charge is 2.28. The first-order valence-electron chi connectivity index (χ1n) is 8.58. The average molecular weight is 441 g/mol. The van der Waals surface area contributed by atoms with E-state index in [2.05, 4.69) is 10.0 Å². The largest absolute Gasteiger partial charge is 0.495 e. The van der Waals surface area contributed by atoms with Crippen molar-refractivity contribution < 1.29 is 27.9 Å². The molecule has 1 amide bonds. The second kappa shape index (κ2) is 9.73. The molecule has 0 aromatic heterocycles. The number of sulfonamides is 1. The second-order valence-corrected chi connectivity index (χ2v) is 8.31. The van der Waals surface area contributed by atoms with Crippen LogP contribution in [0.15, 0.2) is 47.4 Å². The third-order valence-corrected chi connectivity index (χ3v) is 5.95. The number of carboxylic acids is 1. The van der Waals surface area contributed by atoms with Gasteiger partial charge in [0.05, 0.1) is 7.11 Å². The number of benzene rings is 2. The predicted molar refractivity (Wildman–Crippen MR) is 109 cm³/mol. The molecule has 2 rings (SSSR count). The number of hydrogen-bond acceptors (Lipinski definition) is 5. The van der Waals surface area contributed by atoms with Crippen molar-refractivity contribution in [2.24, 2.45) is 0 Å². The topological polar surface area (TPSA) is 122 Å². The molecule has 2 aromatic rings. The van der Waals surface area contributed by atoms with E-state index in [1.807, 2.05) is 0 Å². The Balaban J connectivity index is 2.12. The highest BCUT2D eigenvalue weighted by molar-refractivity contribution is 7.89. The molecule has 2 aromatic carbocycles. The molecule has 1 atom stereocenters. The minimum Gasteiger partial charge on any atom is -0.495 e. The number of nitrogens with one attached hydrogen (secondary N) is 2. The van der Waals surface area contributed by atoms with Crippen LogP contribution >= 0.6 is 11.6 Å². The van der Waals surface area contributed by atoms with Gasteiger partial charge in [-0.3, -0.25) is 9.59 Å². The Morgan fingerprint density at radius 1 is 1.21 bits per heavy atom. The second-order valence-electron chi connectivity index (χ2n) is 6.22. The van der Waals surface area contributed by atoms with Crippen LogP contribution in [0, 0.1) is 6.92 Å². The zero-order valence-corrected chi connectivity index (χ0v) is 17.4. The van der Waals surface area contributed by atoms with Gasteiger partial charge in [0.25, 0.3) is 0 Å². The molecule has 0 radical (unpaired) electrons. The number of rotatable bonds is 9. The smallest absolute Gasteiger partial charge is 0.321 e. The SMILES string of the molecule is COc1cc(C)c(Cl)cc1S(=O)(=O)NC(CCC(=O)Nc1ccccc1)C(=O)O. The molecule has 0 saturated heterocycles. The van der Waals surface area contributed by atoms with Crippen LogP contribution in [0.3, 0.4) is 0 Å². The predicted octanol–water partition coefficient (Wildman–Crippen LogP) is 2.81. The van der Waals surface area contributed by atoms with Crippen molar-refractivity contribution in [3.63, 3.8) is 0 Å². The monoisotopic (exact) mass is 440 g/mol. The van der Waals surface area contributed by atoms with Gasteiger partial charge in [0, 0.05) is 17.1 Å². The maximum absolute atomic E-state index is 12.7. The number of methoxy groups -OCH3 is 1. The normalized spacial score (nSPS) is 12.2. The maximum Gasteiger partial charge on any atom is 0.321 e. The van der Waals surface area contributed by atoms with Crippen LogP contribution in [-0.2, 0) is 19.6 Å². The van der Waals surface area contributed by atoms with E-state index < -0.39 is 27.9 Å². The minimum atomic E-state index is -4.27. The van der Waals surface area contributed by atoms with Crippen LogP contribution in [0.5, 0.6) is 5.75 Å². The van der Waals surface area contributed by atoms with Gasteiger partial charge in [0.15, 0.2) is 0 Å². The van der Waals surface area contributed by atoms with Gasteiger partial charge >= 0.3 is 5.97 Å². The number of aliphatic carboxylic acids is 1. The number of hydrogen-bond donors (Lipinski definition) is 3. The standard InChI is InChI=1S/C19H21ClN2O6S/c1-12-10-16(28-2)17(11-14(12)20)29(26,27)22-15(19(24)25)8-9-18(23)21-13-6-4-3-5-7-13/h3-7,10-11,15,22H,8-9H2,1-2H3,(H,21,23)(H,24,25). The number of carbonyl (C=O) groups excluding carboxylic acids is 1. The van der Waals surface area contributed by atoms with E-state index >= 15 is 0 Å². The average Bonchev–Trinajstić information content (AvgIpc) is 2.67. The van der Waals surface area contributed by atoms with Crippen molar-refractivity contribution in [2.75, 3.05) is 12.4 Å². The number of amides is 1. The van der Waals surface area contributed by atoms with Gasteiger partial charge in [0.1, 0.15) is 16.7 Å². The van der Waals surface area contributed by atoms with Crippen LogP contribution in [-0.4, -0.2) is 38.6 Å². The zero-order valence-electron chi connectivity index (χ0n) is 15.8. The molecule has 0 spiro atoms. The van der Waals surface area contributed by atoms with Crippen molar-refractivity contribution in [1.82, 2.24) is 4.72 Å². The highest BCUT2D eigenvalue weighted by Crippen LogP contribution is 2.30. The van der Waals surface area contributed by atoms with Crippen molar-refractivity contribution in [1.29, 1.82) is 0 Å². The molecule has 0 heterocycles. The molecule has 0 bridgehead atoms. The van der Waals surface area contributed by atoms with E-state index in [1.54, 1.807) is 37.3 Å². The number of para-hydroxylation sites is 1. The van der Waals surface area contributed by atoms with Gasteiger partial charge in [-0.1, -0.05) is 29.8 Å². The van der Waals surface area contributed by atoms with E-state index in [0.717, 1.165) is 0 Å². The number of anilines is 1. The zero-order chi connectivity index (χ0) is 21.6. The van der Waals surface area contributed by atoms with Crippen LogP contribution in [0.2, 0.25) is 5.02 Å². The number of halogens is 1. The molecule has 10 heteroatoms. The number of ether oxygens (including phenoxy) is 1. The molecule has 1 unspecified atom stereocenters. The number of carboxylic acid groups (broad SMARTS) is 1. The highest BCUT2D eigenvalue weighted by atomic mass is 35.5. The fourth-order valence-corrected chi connectivity index (χ4v) is 4.14. The lowest BCUT2D eigenvalue weighted by Gasteiger charge is -2.17. The lowest BCUT2D eigenvalue weighted by atomic mass is 10.1. The lowest BCUT2D eigenvalue weighted by molar-refractivity contribution is -0.139. The molecule has 0 fully saturated rings. The van der Waals surface area contributed by atoms with E-state index in [9.17, 15) is 23.1 Å². The Morgan fingerprint density at radius 3 is 2.45 bits per heavy atom. The fourth-order valence-electron chi connectivity index (χ4n) is 2.51. The lowest BCUT2D eigenvalue weighted by Crippen LogP contribution is -2.41. The molecule has 0 aliphatic heterocycles. The maximum atomic E-state index is 12.7. The number of aryl methyl sites for hydroxylation is 1. The molecule has 156 valence electrons. The van der Waals surface area contributed by atoms with Crippen LogP contribution in [0.4, 0.5) is 5.69 Å². The molecule has 3 N–H and O–H groups in total. The van der Waals surface area contributed by atoms with Crippen molar-refractivity contribution in [3.8, 4) is 5.75 Å². The van der Waals surface area contributed by atoms with E-state index in [4.69, 9.17) is 16.3 Å². The Kier molecular flexibility index (Phi) is 7.60. The quantitative estimate of drug-likeness (QED) is 0.551. The van der Waals surface area contributed by atoms with E-state index in [1.165, 1.54) is 19.2 Å². The molecule has 0 aliphatic carbocycles. The molecule has 29 heavy (non-hydrogen) atoms. The molecule has 8 nitrogen and oxygen atoms in total. The summed E-state index contributed by atoms with van der Waals surface area (Å²) in [6, 6.07) is 9.76. The Hall–Kier alpha value is -2.62. The van der Waals surface area contributed by atoms with Gasteiger partial charge in [0.2, 0.25) is 15.9 Å². The van der Waals surface area contributed by atoms with Crippen LogP contribution in [0.1, 0.15) is 18.4 Å². The van der Waals surface area contributed by atoms with Crippen molar-refractivity contribution in [3.05, 3.63) is 53.1 Å². The summed E-state index contributed by atoms with van der Waals surface area (Å²) in [5.74, 6) is -1.80. The van der Waals surface area contributed by atoms with Gasteiger partial charge in [-0.15, -0.1) is 0 Å². The Bertz CT molecular complexity index is 995. The summed E-state index contributed by atoms with van der Waals surface area (Å²) in [7, 11) is -2.97. The first-order valence-corrected chi connectivity index (χ1v) is 10.4. The van der Waals surface area contributed by atoms with Gasteiger partial charge < -0.3 is 15.2 Å². The van der Waals surface area contributed by atoms with Gasteiger partial charge in [-0.2, -0.15) is 4.72 Å². The first kappa shape index (κ1) is 22.7. The Morgan fingerprint density at radius 2 is 1.86 bits per heavy atom. The summed E-state index contributed by atoms with van der Waals surface area (Å²) < 4.78 is 32.6. The van der Waals surface area contributed by atoms with Crippen LogP contribution in [0.25, 0.3) is 0 Å². The summed E-state index contributed by atoms with van der Waals surface area (Å²) in [6.07, 6.45) is -0.435. The first-order chi connectivity index (χ1) is 13.6. The molecule has 0 aliphatic rings. The molecule has 0 saturated carbocycles. The molecular weight excluding hydrogens is 420 g/mol. The van der Waals surface area contributed by atoms with Crippen molar-refractivity contribution >= 4 is 39.2 Å². The summed E-state index contributed by atoms with van der Waals surface area (Å²) in [5.41, 5.74) is 1.17. The van der Waals surface area contributed by atoms with Gasteiger partial charge in [-0.25, -0.2) is 8.42 Å². The van der Waals surface area contributed by atoms with E-state index in [0.29, 0.717) is 11.3 Å². The summed E-state index contributed by atoms with van der Waals surface area (Å²) in [4.78, 5) is 23.3. The number of carbonyl (C=O) groups is 2. The van der Waals surface area contributed by atoms with Crippen LogP contribution < -0.4 is 14.8 Å². The minimum absolute atomic E-state index is 0.0327. The van der Waals surface area contributed by atoms with Crippen molar-refractivity contribution in [2.45, 2.75) is 30.7 Å². The third kappa shape index (κ3) is 6.18. The Labute approximate surface area is 173 Å². The molecular formula is C19H21ClN2O6S. The van der Waals surface area contributed by atoms with Gasteiger partial charge in [-0.05, 0) is 43.2 Å². The summed E-state index contributed by atoms with van der Waals surface area (Å²) in [6.45, 7) is 1.68. The van der Waals surface area contributed by atoms with E-state index in [-0.39, 0.29) is 28.5 Å². The third-order valence-electron chi connectivity index (χ3n) is 4.05. The summed E-state index contributed by atoms with van der Waals surface area (Å²) >= 11 is 6.01. The summed E-state index contributed by atoms with van der Waals surface area (Å²) in [5, 5.41) is 12.2. The fraction of sp³-hybridized carbons (Fsp3) is 0.263.